The third-order valence-corrected chi connectivity index (χ3v) is 10.1. The summed E-state index contributed by atoms with van der Waals surface area (Å²) in [6.07, 6.45) is 3.53. The van der Waals surface area contributed by atoms with Crippen molar-refractivity contribution in [3.05, 3.63) is 18.2 Å². The van der Waals surface area contributed by atoms with Crippen molar-refractivity contribution in [3.63, 3.8) is 0 Å². The second-order valence-corrected chi connectivity index (χ2v) is 12.6. The highest BCUT2D eigenvalue weighted by atomic mass is 32.2. The number of amides is 1. The van der Waals surface area contributed by atoms with Gasteiger partial charge in [-0.3, -0.25) is 15.6 Å². The molecule has 1 amide bonds. The molecule has 2 saturated heterocycles. The Labute approximate surface area is 207 Å². The van der Waals surface area contributed by atoms with E-state index in [1.807, 2.05) is 12.1 Å². The normalized spacial score (nSPS) is 29.4. The van der Waals surface area contributed by atoms with Crippen LogP contribution in [0.4, 0.5) is 11.4 Å². The summed E-state index contributed by atoms with van der Waals surface area (Å²) in [4.78, 5) is 15.2. The van der Waals surface area contributed by atoms with E-state index < -0.39 is 15.3 Å². The molecular weight excluding hydrogens is 470 g/mol. The van der Waals surface area contributed by atoms with Gasteiger partial charge in [-0.1, -0.05) is 6.92 Å². The van der Waals surface area contributed by atoms with Crippen LogP contribution in [0.25, 0.3) is 0 Å². The van der Waals surface area contributed by atoms with E-state index in [-0.39, 0.29) is 24.4 Å². The molecule has 35 heavy (non-hydrogen) atoms. The molecule has 3 fully saturated rings. The van der Waals surface area contributed by atoms with Crippen molar-refractivity contribution in [1.82, 2.24) is 15.2 Å². The Kier molecular flexibility index (Phi) is 7.23. The highest BCUT2D eigenvalue weighted by molar-refractivity contribution is 7.89. The van der Waals surface area contributed by atoms with Crippen LogP contribution in [0.5, 0.6) is 5.75 Å². The van der Waals surface area contributed by atoms with Crippen molar-refractivity contribution in [2.24, 2.45) is 11.8 Å². The van der Waals surface area contributed by atoms with Gasteiger partial charge in [0.2, 0.25) is 15.9 Å². The molecule has 1 aromatic carbocycles. The average molecular weight is 508 g/mol. The van der Waals surface area contributed by atoms with E-state index in [1.165, 1.54) is 11.4 Å². The van der Waals surface area contributed by atoms with Crippen LogP contribution >= 0.6 is 0 Å². The number of rotatable bonds is 6. The molecule has 5 rings (SSSR count). The molecule has 194 valence electrons. The number of ether oxygens (including phenoxy) is 2. The number of anilines is 2. The van der Waals surface area contributed by atoms with Gasteiger partial charge in [0, 0.05) is 44.6 Å². The minimum Gasteiger partial charge on any atom is -0.490 e. The zero-order valence-corrected chi connectivity index (χ0v) is 21.4. The molecule has 4 atom stereocenters. The lowest BCUT2D eigenvalue weighted by Crippen LogP contribution is -2.53. The molecule has 1 saturated carbocycles. The highest BCUT2D eigenvalue weighted by Crippen LogP contribution is 2.37. The quantitative estimate of drug-likeness (QED) is 0.526. The van der Waals surface area contributed by atoms with Crippen molar-refractivity contribution >= 4 is 27.3 Å². The van der Waals surface area contributed by atoms with Gasteiger partial charge in [0.05, 0.1) is 24.0 Å². The summed E-state index contributed by atoms with van der Waals surface area (Å²) in [6.45, 7) is 5.58. The summed E-state index contributed by atoms with van der Waals surface area (Å²) in [7, 11) is -2.15. The monoisotopic (exact) mass is 507 g/mol. The molecule has 1 aliphatic carbocycles. The summed E-state index contributed by atoms with van der Waals surface area (Å²) < 4.78 is 39.4. The fourth-order valence-electron chi connectivity index (χ4n) is 6.06. The zero-order valence-electron chi connectivity index (χ0n) is 20.5. The van der Waals surface area contributed by atoms with E-state index in [1.54, 1.807) is 6.07 Å². The molecule has 4 unspecified atom stereocenters. The van der Waals surface area contributed by atoms with Gasteiger partial charge in [-0.25, -0.2) is 8.42 Å². The van der Waals surface area contributed by atoms with Gasteiger partial charge in [-0.05, 0) is 55.7 Å². The van der Waals surface area contributed by atoms with Gasteiger partial charge >= 0.3 is 0 Å². The summed E-state index contributed by atoms with van der Waals surface area (Å²) in [5, 5.41) is 2.35. The molecule has 0 radical (unpaired) electrons. The van der Waals surface area contributed by atoms with Crippen LogP contribution < -0.4 is 25.8 Å². The number of nitrogens with zero attached hydrogens (tertiary/aromatic N) is 2. The van der Waals surface area contributed by atoms with Crippen LogP contribution in [-0.4, -0.2) is 82.5 Å². The van der Waals surface area contributed by atoms with E-state index in [0.29, 0.717) is 30.7 Å². The van der Waals surface area contributed by atoms with Crippen LogP contribution in [-0.2, 0) is 19.6 Å². The summed E-state index contributed by atoms with van der Waals surface area (Å²) >= 11 is 0. The third-order valence-electron chi connectivity index (χ3n) is 7.84. The maximum atomic E-state index is 13.4. The Morgan fingerprint density at radius 3 is 2.83 bits per heavy atom. The van der Waals surface area contributed by atoms with E-state index in [2.05, 4.69) is 28.0 Å². The molecule has 0 spiro atoms. The summed E-state index contributed by atoms with van der Waals surface area (Å²) in [5.41, 5.74) is 7.88. The van der Waals surface area contributed by atoms with Crippen LogP contribution in [0.3, 0.4) is 0 Å². The Balaban J connectivity index is 1.25. The topological polar surface area (TPSA) is 112 Å². The van der Waals surface area contributed by atoms with E-state index in [0.717, 1.165) is 57.0 Å². The molecule has 3 N–H and O–H groups in total. The molecule has 4 aliphatic rings. The summed E-state index contributed by atoms with van der Waals surface area (Å²) in [5.74, 6) is 1.07. The number of hydrogen-bond acceptors (Lipinski definition) is 8. The number of likely N-dealkylation sites (N-methyl/N-ethyl adjacent to an activating group) is 1. The van der Waals surface area contributed by atoms with Crippen molar-refractivity contribution in [3.8, 4) is 5.75 Å². The smallest absolute Gasteiger partial charge is 0.239 e. The maximum absolute atomic E-state index is 13.4. The van der Waals surface area contributed by atoms with Crippen molar-refractivity contribution in [2.75, 3.05) is 56.7 Å². The molecule has 0 aromatic heterocycles. The molecule has 10 nitrogen and oxygen atoms in total. The number of benzene rings is 1. The fraction of sp³-hybridized carbons (Fsp3) is 0.708. The van der Waals surface area contributed by atoms with Crippen molar-refractivity contribution in [1.29, 1.82) is 0 Å². The molecule has 0 bridgehead atoms. The van der Waals surface area contributed by atoms with Gasteiger partial charge in [0.25, 0.3) is 0 Å². The first-order valence-corrected chi connectivity index (χ1v) is 14.2. The largest absolute Gasteiger partial charge is 0.490 e. The maximum Gasteiger partial charge on any atom is 0.239 e. The number of hydrogen-bond donors (Lipinski definition) is 3. The van der Waals surface area contributed by atoms with Gasteiger partial charge in [0.1, 0.15) is 12.4 Å². The standard InChI is InChI=1S/C24H37N5O5S/c1-16-11-17-14-25-27-24(17)22(12-16)35(31,32)28(2)15-23(30)26-18-3-4-21-20(13-18)29(7-10-34-21)19-5-8-33-9-6-19/h3-4,13,16-17,19,22,24-25,27H,5-12,14-15H2,1-2H3,(H,26,30). The number of carbonyl (C=O) groups excluding carboxylic acids is 1. The molecular formula is C24H37N5O5S. The lowest BCUT2D eigenvalue weighted by Gasteiger charge is -2.39. The minimum absolute atomic E-state index is 0.126. The predicted octanol–water partition coefficient (Wildman–Crippen LogP) is 1.16. The molecule has 11 heteroatoms. The van der Waals surface area contributed by atoms with E-state index >= 15 is 0 Å². The zero-order chi connectivity index (χ0) is 24.6. The van der Waals surface area contributed by atoms with Crippen molar-refractivity contribution in [2.45, 2.75) is 49.9 Å². The Bertz CT molecular complexity index is 1030. The van der Waals surface area contributed by atoms with Gasteiger partial charge in [-0.15, -0.1) is 0 Å². The first kappa shape index (κ1) is 24.8. The number of sulfonamides is 1. The second kappa shape index (κ2) is 10.2. The lowest BCUT2D eigenvalue weighted by atomic mass is 9.79. The first-order valence-electron chi connectivity index (χ1n) is 12.7. The van der Waals surface area contributed by atoms with Gasteiger partial charge in [-0.2, -0.15) is 4.31 Å². The third kappa shape index (κ3) is 5.15. The molecule has 3 heterocycles. The SMILES string of the molecule is CC1CC2CNNC2C(S(=O)(=O)N(C)CC(=O)Nc2ccc3c(c2)N(C2CCOCC2)CCO3)C1. The summed E-state index contributed by atoms with van der Waals surface area (Å²) in [6, 6.07) is 5.87. The van der Waals surface area contributed by atoms with Crippen LogP contribution in [0.1, 0.15) is 32.6 Å². The number of carbonyl (C=O) groups is 1. The van der Waals surface area contributed by atoms with Crippen molar-refractivity contribution < 1.29 is 22.7 Å². The second-order valence-electron chi connectivity index (χ2n) is 10.3. The average Bonchev–Trinajstić information content (AvgIpc) is 3.31. The van der Waals surface area contributed by atoms with Crippen LogP contribution in [0, 0.1) is 11.8 Å². The minimum atomic E-state index is -3.64. The molecule has 1 aromatic rings. The fourth-order valence-corrected chi connectivity index (χ4v) is 8.05. The molecule has 3 aliphatic heterocycles. The Hall–Kier alpha value is -1.92. The number of nitrogens with one attached hydrogen (secondary N) is 3. The van der Waals surface area contributed by atoms with Crippen LogP contribution in [0.2, 0.25) is 0 Å². The highest BCUT2D eigenvalue weighted by Gasteiger charge is 2.47. The number of fused-ring (bicyclic) bond motifs is 2. The van der Waals surface area contributed by atoms with Crippen LogP contribution in [0.15, 0.2) is 18.2 Å². The number of hydrazine groups is 1. The Morgan fingerprint density at radius 2 is 2.03 bits per heavy atom. The van der Waals surface area contributed by atoms with Gasteiger partial charge in [0.15, 0.2) is 0 Å². The van der Waals surface area contributed by atoms with E-state index in [4.69, 9.17) is 9.47 Å². The first-order chi connectivity index (χ1) is 16.8. The Morgan fingerprint density at radius 1 is 1.23 bits per heavy atom. The lowest BCUT2D eigenvalue weighted by molar-refractivity contribution is -0.116. The van der Waals surface area contributed by atoms with Gasteiger partial charge < -0.3 is 19.7 Å². The van der Waals surface area contributed by atoms with E-state index in [9.17, 15) is 13.2 Å². The predicted molar refractivity (Wildman–Crippen MR) is 134 cm³/mol.